The molecule has 0 unspecified atom stereocenters. The van der Waals surface area contributed by atoms with Crippen LogP contribution in [0.1, 0.15) is 33.0 Å². The van der Waals surface area contributed by atoms with Gasteiger partial charge in [0.2, 0.25) is 5.91 Å². The fourth-order valence-electron chi connectivity index (χ4n) is 1.97. The monoisotopic (exact) mass is 356 g/mol. The molecule has 0 radical (unpaired) electrons. The van der Waals surface area contributed by atoms with E-state index in [0.717, 1.165) is 10.9 Å². The van der Waals surface area contributed by atoms with Crippen molar-refractivity contribution < 1.29 is 22.8 Å². The summed E-state index contributed by atoms with van der Waals surface area (Å²) in [7, 11) is 0. The highest BCUT2D eigenvalue weighted by molar-refractivity contribution is 7.14. The van der Waals surface area contributed by atoms with E-state index in [1.54, 1.807) is 6.07 Å². The SMILES string of the molecule is Cc1ccc(C(=O)CCC(=O)NNc2ccccc2C(F)(F)F)s1. The molecule has 0 bridgehead atoms. The molecule has 0 aliphatic carbocycles. The van der Waals surface area contributed by atoms with Gasteiger partial charge < -0.3 is 0 Å². The molecule has 0 fully saturated rings. The van der Waals surface area contributed by atoms with Gasteiger partial charge in [0, 0.05) is 17.7 Å². The van der Waals surface area contributed by atoms with Crippen molar-refractivity contribution in [3.05, 3.63) is 51.7 Å². The Kier molecular flexibility index (Phi) is 5.61. The van der Waals surface area contributed by atoms with Gasteiger partial charge in [0.25, 0.3) is 0 Å². The van der Waals surface area contributed by atoms with Crippen molar-refractivity contribution in [3.63, 3.8) is 0 Å². The molecule has 0 atom stereocenters. The van der Waals surface area contributed by atoms with Gasteiger partial charge in [0.15, 0.2) is 5.78 Å². The van der Waals surface area contributed by atoms with E-state index in [1.165, 1.54) is 29.5 Å². The molecule has 4 nitrogen and oxygen atoms in total. The number of rotatable bonds is 6. The van der Waals surface area contributed by atoms with E-state index in [9.17, 15) is 22.8 Å². The largest absolute Gasteiger partial charge is 0.418 e. The molecule has 0 saturated heterocycles. The summed E-state index contributed by atoms with van der Waals surface area (Å²) in [6.45, 7) is 1.87. The minimum atomic E-state index is -4.53. The Balaban J connectivity index is 1.87. The number of carbonyl (C=O) groups excluding carboxylic acids is 2. The number of amides is 1. The van der Waals surface area contributed by atoms with Gasteiger partial charge in [-0.15, -0.1) is 11.3 Å². The lowest BCUT2D eigenvalue weighted by Crippen LogP contribution is -2.30. The molecular weight excluding hydrogens is 341 g/mol. The number of alkyl halides is 3. The van der Waals surface area contributed by atoms with Gasteiger partial charge in [0.1, 0.15) is 0 Å². The second-order valence-corrected chi connectivity index (χ2v) is 6.34. The number of hydrogen-bond donors (Lipinski definition) is 2. The van der Waals surface area contributed by atoms with E-state index in [4.69, 9.17) is 0 Å². The van der Waals surface area contributed by atoms with Crippen LogP contribution in [0.25, 0.3) is 0 Å². The highest BCUT2D eigenvalue weighted by Gasteiger charge is 2.33. The number of anilines is 1. The zero-order valence-corrected chi connectivity index (χ0v) is 13.6. The number of ketones is 1. The summed E-state index contributed by atoms with van der Waals surface area (Å²) in [4.78, 5) is 25.2. The quantitative estimate of drug-likeness (QED) is 0.603. The molecule has 2 rings (SSSR count). The first-order valence-electron chi connectivity index (χ1n) is 7.08. The number of nitrogens with one attached hydrogen (secondary N) is 2. The van der Waals surface area contributed by atoms with Crippen LogP contribution in [-0.2, 0) is 11.0 Å². The second-order valence-electron chi connectivity index (χ2n) is 5.05. The molecule has 8 heteroatoms. The molecular formula is C16H15F3N2O2S. The van der Waals surface area contributed by atoms with E-state index in [2.05, 4.69) is 10.9 Å². The average Bonchev–Trinajstić information content (AvgIpc) is 2.96. The molecule has 1 amide bonds. The Labute approximate surface area is 140 Å². The van der Waals surface area contributed by atoms with Crippen molar-refractivity contribution in [1.82, 2.24) is 5.43 Å². The maximum atomic E-state index is 12.8. The van der Waals surface area contributed by atoms with E-state index < -0.39 is 17.6 Å². The molecule has 0 spiro atoms. The Morgan fingerprint density at radius 1 is 1.08 bits per heavy atom. The van der Waals surface area contributed by atoms with Crippen LogP contribution in [0.3, 0.4) is 0 Å². The summed E-state index contributed by atoms with van der Waals surface area (Å²) in [5, 5.41) is 0. The summed E-state index contributed by atoms with van der Waals surface area (Å²) >= 11 is 1.34. The summed E-state index contributed by atoms with van der Waals surface area (Å²) in [6.07, 6.45) is -4.65. The summed E-state index contributed by atoms with van der Waals surface area (Å²) in [5.41, 5.74) is 3.31. The van der Waals surface area contributed by atoms with Gasteiger partial charge in [-0.25, -0.2) is 0 Å². The number of aryl methyl sites for hydroxylation is 1. The van der Waals surface area contributed by atoms with Crippen LogP contribution < -0.4 is 10.9 Å². The third-order valence-electron chi connectivity index (χ3n) is 3.16. The number of para-hydroxylation sites is 1. The Hall–Kier alpha value is -2.35. The standard InChI is InChI=1S/C16H15F3N2O2S/c1-10-6-8-14(24-10)13(22)7-9-15(23)21-20-12-5-3-2-4-11(12)16(17,18)19/h2-6,8,20H,7,9H2,1H3,(H,21,23). The van der Waals surface area contributed by atoms with E-state index in [0.29, 0.717) is 4.88 Å². The molecule has 1 aromatic heterocycles. The Morgan fingerprint density at radius 3 is 2.42 bits per heavy atom. The van der Waals surface area contributed by atoms with Crippen LogP contribution in [0.5, 0.6) is 0 Å². The molecule has 1 aromatic carbocycles. The number of thiophene rings is 1. The highest BCUT2D eigenvalue weighted by atomic mass is 32.1. The van der Waals surface area contributed by atoms with Crippen molar-refractivity contribution in [2.75, 3.05) is 5.43 Å². The van der Waals surface area contributed by atoms with E-state index in [-0.39, 0.29) is 24.3 Å². The van der Waals surface area contributed by atoms with E-state index in [1.807, 2.05) is 13.0 Å². The van der Waals surface area contributed by atoms with Crippen molar-refractivity contribution in [2.24, 2.45) is 0 Å². The van der Waals surface area contributed by atoms with Crippen molar-refractivity contribution >= 4 is 28.7 Å². The van der Waals surface area contributed by atoms with Gasteiger partial charge >= 0.3 is 6.18 Å². The number of carbonyl (C=O) groups is 2. The number of hydrogen-bond acceptors (Lipinski definition) is 4. The van der Waals surface area contributed by atoms with Crippen molar-refractivity contribution in [3.8, 4) is 0 Å². The van der Waals surface area contributed by atoms with Crippen molar-refractivity contribution in [2.45, 2.75) is 25.9 Å². The normalized spacial score (nSPS) is 11.2. The third-order valence-corrected chi connectivity index (χ3v) is 4.21. The lowest BCUT2D eigenvalue weighted by atomic mass is 10.2. The minimum absolute atomic E-state index is 0.00557. The topological polar surface area (TPSA) is 58.2 Å². The lowest BCUT2D eigenvalue weighted by molar-refractivity contribution is -0.137. The van der Waals surface area contributed by atoms with Gasteiger partial charge in [-0.05, 0) is 31.2 Å². The predicted octanol–water partition coefficient (Wildman–Crippen LogP) is 4.18. The molecule has 0 saturated carbocycles. The molecule has 128 valence electrons. The van der Waals surface area contributed by atoms with Gasteiger partial charge in [-0.2, -0.15) is 13.2 Å². The fraction of sp³-hybridized carbons (Fsp3) is 0.250. The molecule has 0 aliphatic rings. The number of benzene rings is 1. The Morgan fingerprint density at radius 2 is 1.79 bits per heavy atom. The fourth-order valence-corrected chi connectivity index (χ4v) is 2.81. The zero-order valence-electron chi connectivity index (χ0n) is 12.7. The zero-order chi connectivity index (χ0) is 17.7. The summed E-state index contributed by atoms with van der Waals surface area (Å²) < 4.78 is 38.5. The smallest absolute Gasteiger partial charge is 0.298 e. The van der Waals surface area contributed by atoms with Crippen LogP contribution in [-0.4, -0.2) is 11.7 Å². The maximum Gasteiger partial charge on any atom is 0.418 e. The first-order valence-corrected chi connectivity index (χ1v) is 7.90. The van der Waals surface area contributed by atoms with Gasteiger partial charge in [0.05, 0.1) is 16.1 Å². The van der Waals surface area contributed by atoms with E-state index >= 15 is 0 Å². The first-order chi connectivity index (χ1) is 11.3. The molecule has 24 heavy (non-hydrogen) atoms. The second kappa shape index (κ2) is 7.48. The highest BCUT2D eigenvalue weighted by Crippen LogP contribution is 2.34. The predicted molar refractivity (Wildman–Crippen MR) is 85.8 cm³/mol. The van der Waals surface area contributed by atoms with Crippen LogP contribution in [0.2, 0.25) is 0 Å². The van der Waals surface area contributed by atoms with Gasteiger partial charge in [-0.3, -0.25) is 20.4 Å². The summed E-state index contributed by atoms with van der Waals surface area (Å²) in [5.74, 6) is -0.729. The van der Waals surface area contributed by atoms with Crippen LogP contribution >= 0.6 is 11.3 Å². The van der Waals surface area contributed by atoms with Crippen LogP contribution in [0.15, 0.2) is 36.4 Å². The first kappa shape index (κ1) is 18.0. The van der Waals surface area contributed by atoms with Crippen molar-refractivity contribution in [1.29, 1.82) is 0 Å². The lowest BCUT2D eigenvalue weighted by Gasteiger charge is -2.14. The maximum absolute atomic E-state index is 12.8. The number of halogens is 3. The third kappa shape index (κ3) is 4.82. The number of Topliss-reactive ketones (excluding diaryl/α,β-unsaturated/α-hetero) is 1. The minimum Gasteiger partial charge on any atom is -0.298 e. The molecule has 0 aliphatic heterocycles. The molecule has 1 heterocycles. The average molecular weight is 356 g/mol. The van der Waals surface area contributed by atoms with Gasteiger partial charge in [-0.1, -0.05) is 12.1 Å². The van der Waals surface area contributed by atoms with Crippen LogP contribution in [0, 0.1) is 6.92 Å². The number of hydrazine groups is 1. The summed E-state index contributed by atoms with van der Waals surface area (Å²) in [6, 6.07) is 8.31. The van der Waals surface area contributed by atoms with Crippen LogP contribution in [0.4, 0.5) is 18.9 Å². The molecule has 2 N–H and O–H groups in total. The Bertz CT molecular complexity index is 741. The molecule has 2 aromatic rings.